The maximum Gasteiger partial charge on any atom is 0.137 e. The standard InChI is InChI=1S/C14H15NO2/c1-11-5-2-3-7-13(11)14(16)10-17-12-6-4-8-15-9-12/h2-9,14,16H,10H2,1H3. The van der Waals surface area contributed by atoms with Crippen molar-refractivity contribution in [1.29, 1.82) is 0 Å². The first-order valence-electron chi connectivity index (χ1n) is 5.54. The van der Waals surface area contributed by atoms with Crippen LogP contribution in [-0.2, 0) is 0 Å². The summed E-state index contributed by atoms with van der Waals surface area (Å²) >= 11 is 0. The van der Waals surface area contributed by atoms with E-state index in [1.807, 2.05) is 37.3 Å². The molecule has 3 heteroatoms. The zero-order valence-corrected chi connectivity index (χ0v) is 9.71. The number of pyridine rings is 1. The molecule has 88 valence electrons. The first-order chi connectivity index (χ1) is 8.27. The first kappa shape index (κ1) is 11.6. The topological polar surface area (TPSA) is 42.4 Å². The zero-order chi connectivity index (χ0) is 12.1. The summed E-state index contributed by atoms with van der Waals surface area (Å²) in [5.74, 6) is 0.667. The molecule has 0 spiro atoms. The second kappa shape index (κ2) is 5.46. The van der Waals surface area contributed by atoms with Crippen molar-refractivity contribution in [3.8, 4) is 5.75 Å². The van der Waals surface area contributed by atoms with Crippen LogP contribution in [0.1, 0.15) is 17.2 Å². The van der Waals surface area contributed by atoms with Crippen LogP contribution in [0.15, 0.2) is 48.8 Å². The molecule has 0 saturated heterocycles. The summed E-state index contributed by atoms with van der Waals surface area (Å²) < 4.78 is 5.46. The second-order valence-electron chi connectivity index (χ2n) is 3.87. The van der Waals surface area contributed by atoms with Crippen molar-refractivity contribution in [3.05, 3.63) is 59.9 Å². The number of ether oxygens (including phenoxy) is 1. The molecule has 1 unspecified atom stereocenters. The Kier molecular flexibility index (Phi) is 3.73. The summed E-state index contributed by atoms with van der Waals surface area (Å²) in [6.45, 7) is 2.21. The van der Waals surface area contributed by atoms with Gasteiger partial charge in [0.15, 0.2) is 0 Å². The van der Waals surface area contributed by atoms with E-state index < -0.39 is 6.10 Å². The van der Waals surface area contributed by atoms with Crippen molar-refractivity contribution in [2.45, 2.75) is 13.0 Å². The van der Waals surface area contributed by atoms with Crippen LogP contribution in [0.3, 0.4) is 0 Å². The van der Waals surface area contributed by atoms with Gasteiger partial charge in [-0.15, -0.1) is 0 Å². The van der Waals surface area contributed by atoms with Gasteiger partial charge in [0.2, 0.25) is 0 Å². The number of hydrogen-bond acceptors (Lipinski definition) is 3. The van der Waals surface area contributed by atoms with Crippen molar-refractivity contribution >= 4 is 0 Å². The quantitative estimate of drug-likeness (QED) is 0.875. The van der Waals surface area contributed by atoms with E-state index >= 15 is 0 Å². The molecule has 0 aliphatic carbocycles. The SMILES string of the molecule is Cc1ccccc1C(O)COc1cccnc1. The van der Waals surface area contributed by atoms with Crippen LogP contribution >= 0.6 is 0 Å². The van der Waals surface area contributed by atoms with Gasteiger partial charge in [0, 0.05) is 6.20 Å². The molecule has 0 radical (unpaired) electrons. The van der Waals surface area contributed by atoms with Gasteiger partial charge in [0.05, 0.1) is 6.20 Å². The van der Waals surface area contributed by atoms with E-state index in [0.29, 0.717) is 5.75 Å². The van der Waals surface area contributed by atoms with Gasteiger partial charge in [-0.3, -0.25) is 4.98 Å². The molecule has 1 aromatic carbocycles. The molecule has 0 bridgehead atoms. The molecule has 2 aromatic rings. The number of aliphatic hydroxyl groups is 1. The molecular weight excluding hydrogens is 214 g/mol. The molecule has 0 amide bonds. The largest absolute Gasteiger partial charge is 0.489 e. The van der Waals surface area contributed by atoms with E-state index in [0.717, 1.165) is 11.1 Å². The van der Waals surface area contributed by atoms with Crippen LogP contribution in [0.5, 0.6) is 5.75 Å². The Hall–Kier alpha value is -1.87. The van der Waals surface area contributed by atoms with E-state index in [2.05, 4.69) is 4.98 Å². The molecule has 17 heavy (non-hydrogen) atoms. The molecule has 1 aromatic heterocycles. The molecule has 3 nitrogen and oxygen atoms in total. The molecule has 0 aliphatic rings. The third-order valence-electron chi connectivity index (χ3n) is 2.59. The summed E-state index contributed by atoms with van der Waals surface area (Å²) in [5.41, 5.74) is 1.96. The van der Waals surface area contributed by atoms with Crippen LogP contribution in [0.2, 0.25) is 0 Å². The van der Waals surface area contributed by atoms with Crippen LogP contribution in [0, 0.1) is 6.92 Å². The lowest BCUT2D eigenvalue weighted by molar-refractivity contribution is 0.107. The van der Waals surface area contributed by atoms with Crippen molar-refractivity contribution in [1.82, 2.24) is 4.98 Å². The van der Waals surface area contributed by atoms with Gasteiger partial charge in [-0.05, 0) is 30.2 Å². The Morgan fingerprint density at radius 3 is 2.76 bits per heavy atom. The predicted molar refractivity (Wildman–Crippen MR) is 65.9 cm³/mol. The number of aryl methyl sites for hydroxylation is 1. The molecule has 0 aliphatic heterocycles. The number of hydrogen-bond donors (Lipinski definition) is 1. The minimum absolute atomic E-state index is 0.233. The highest BCUT2D eigenvalue weighted by Gasteiger charge is 2.10. The van der Waals surface area contributed by atoms with E-state index in [-0.39, 0.29) is 6.61 Å². The maximum absolute atomic E-state index is 10.0. The summed E-state index contributed by atoms with van der Waals surface area (Å²) in [6, 6.07) is 11.4. The third kappa shape index (κ3) is 3.04. The van der Waals surface area contributed by atoms with Crippen molar-refractivity contribution in [3.63, 3.8) is 0 Å². The highest BCUT2D eigenvalue weighted by Crippen LogP contribution is 2.18. The van der Waals surface area contributed by atoms with Crippen LogP contribution in [-0.4, -0.2) is 16.7 Å². The normalized spacial score (nSPS) is 12.1. The van der Waals surface area contributed by atoms with E-state index in [1.54, 1.807) is 18.5 Å². The predicted octanol–water partition coefficient (Wildman–Crippen LogP) is 2.50. The van der Waals surface area contributed by atoms with Crippen LogP contribution < -0.4 is 4.74 Å². The lowest BCUT2D eigenvalue weighted by Crippen LogP contribution is -2.10. The second-order valence-corrected chi connectivity index (χ2v) is 3.87. The van der Waals surface area contributed by atoms with Gasteiger partial charge in [0.1, 0.15) is 18.5 Å². The Morgan fingerprint density at radius 2 is 2.06 bits per heavy atom. The average molecular weight is 229 g/mol. The monoisotopic (exact) mass is 229 g/mol. The number of nitrogens with zero attached hydrogens (tertiary/aromatic N) is 1. The Bertz CT molecular complexity index is 471. The number of aliphatic hydroxyl groups excluding tert-OH is 1. The van der Waals surface area contributed by atoms with E-state index in [4.69, 9.17) is 4.74 Å². The Labute approximate surface area is 101 Å². The van der Waals surface area contributed by atoms with Crippen LogP contribution in [0.25, 0.3) is 0 Å². The molecule has 1 heterocycles. The molecule has 0 fully saturated rings. The summed E-state index contributed by atoms with van der Waals surface area (Å²) in [7, 11) is 0. The summed E-state index contributed by atoms with van der Waals surface area (Å²) in [5, 5.41) is 10.0. The van der Waals surface area contributed by atoms with Gasteiger partial charge >= 0.3 is 0 Å². The fraction of sp³-hybridized carbons (Fsp3) is 0.214. The summed E-state index contributed by atoms with van der Waals surface area (Å²) in [4.78, 5) is 3.95. The third-order valence-corrected chi connectivity index (χ3v) is 2.59. The minimum Gasteiger partial charge on any atom is -0.489 e. The lowest BCUT2D eigenvalue weighted by Gasteiger charge is -2.14. The van der Waals surface area contributed by atoms with E-state index in [1.165, 1.54) is 0 Å². The highest BCUT2D eigenvalue weighted by atomic mass is 16.5. The first-order valence-corrected chi connectivity index (χ1v) is 5.54. The molecule has 0 saturated carbocycles. The summed E-state index contributed by atoms with van der Waals surface area (Å²) in [6.07, 6.45) is 2.70. The van der Waals surface area contributed by atoms with Crippen molar-refractivity contribution < 1.29 is 9.84 Å². The fourth-order valence-electron chi connectivity index (χ4n) is 1.66. The highest BCUT2D eigenvalue weighted by molar-refractivity contribution is 5.27. The van der Waals surface area contributed by atoms with Crippen LogP contribution in [0.4, 0.5) is 0 Å². The minimum atomic E-state index is -0.614. The molecule has 1 N–H and O–H groups in total. The average Bonchev–Trinajstić information content (AvgIpc) is 2.38. The molecular formula is C14H15NO2. The smallest absolute Gasteiger partial charge is 0.137 e. The lowest BCUT2D eigenvalue weighted by atomic mass is 10.0. The van der Waals surface area contributed by atoms with Gasteiger partial charge in [-0.1, -0.05) is 24.3 Å². The van der Waals surface area contributed by atoms with Gasteiger partial charge < -0.3 is 9.84 Å². The molecule has 1 atom stereocenters. The van der Waals surface area contributed by atoms with Crippen molar-refractivity contribution in [2.75, 3.05) is 6.61 Å². The number of benzene rings is 1. The van der Waals surface area contributed by atoms with E-state index in [9.17, 15) is 5.11 Å². The molecule has 2 rings (SSSR count). The van der Waals surface area contributed by atoms with Crippen molar-refractivity contribution in [2.24, 2.45) is 0 Å². The Morgan fingerprint density at radius 1 is 1.24 bits per heavy atom. The van der Waals surface area contributed by atoms with Gasteiger partial charge in [-0.25, -0.2) is 0 Å². The van der Waals surface area contributed by atoms with Gasteiger partial charge in [-0.2, -0.15) is 0 Å². The Balaban J connectivity index is 1.99. The maximum atomic E-state index is 10.0. The van der Waals surface area contributed by atoms with Gasteiger partial charge in [0.25, 0.3) is 0 Å². The number of aromatic nitrogens is 1. The fourth-order valence-corrected chi connectivity index (χ4v) is 1.66. The zero-order valence-electron chi connectivity index (χ0n) is 9.71. The number of rotatable bonds is 4.